The van der Waals surface area contributed by atoms with Gasteiger partial charge in [0.1, 0.15) is 11.6 Å². The lowest BCUT2D eigenvalue weighted by atomic mass is 9.56. The van der Waals surface area contributed by atoms with E-state index < -0.39 is 51.1 Å². The second-order valence-electron chi connectivity index (χ2n) is 13.9. The number of hydrogen-bond donors (Lipinski definition) is 1. The number of piperidine rings is 1. The molecule has 3 aromatic rings. The number of likely N-dealkylation sites (tertiary alicyclic amines) is 2. The predicted molar refractivity (Wildman–Crippen MR) is 181 cm³/mol. The highest BCUT2D eigenvalue weighted by Gasteiger charge is 2.76. The van der Waals surface area contributed by atoms with Gasteiger partial charge < -0.3 is 5.11 Å². The van der Waals surface area contributed by atoms with Crippen LogP contribution in [0.25, 0.3) is 0 Å². The van der Waals surface area contributed by atoms with Gasteiger partial charge in [-0.25, -0.2) is 9.29 Å². The normalized spacial score (nSPS) is 31.9. The van der Waals surface area contributed by atoms with Crippen molar-refractivity contribution >= 4 is 52.5 Å². The zero-order valence-electron chi connectivity index (χ0n) is 26.5. The lowest BCUT2D eigenvalue weighted by molar-refractivity contribution is -0.144. The Morgan fingerprint density at radius 1 is 0.816 bits per heavy atom. The molecular weight excluding hydrogens is 668 g/mol. The highest BCUT2D eigenvalue weighted by atomic mass is 35.5. The van der Waals surface area contributed by atoms with Gasteiger partial charge in [0, 0.05) is 31.6 Å². The first-order chi connectivity index (χ1) is 23.5. The van der Waals surface area contributed by atoms with Gasteiger partial charge in [-0.15, -0.1) is 23.2 Å². The third kappa shape index (κ3) is 4.80. The third-order valence-corrected chi connectivity index (χ3v) is 12.7. The summed E-state index contributed by atoms with van der Waals surface area (Å²) in [6.45, 7) is 2.29. The number of rotatable bonds is 5. The van der Waals surface area contributed by atoms with Crippen LogP contribution in [0.3, 0.4) is 0 Å². The number of carbonyl (C=O) groups excluding carboxylic acids is 4. The molecule has 3 aliphatic heterocycles. The number of fused-ring (bicyclic) bond motifs is 4. The van der Waals surface area contributed by atoms with E-state index in [4.69, 9.17) is 23.2 Å². The van der Waals surface area contributed by atoms with Crippen LogP contribution in [0.15, 0.2) is 90.5 Å². The fourth-order valence-corrected chi connectivity index (χ4v) is 9.94. The number of halogens is 3. The molecule has 1 saturated carbocycles. The molecular formula is C38H34Cl2FN3O5. The van der Waals surface area contributed by atoms with Crippen molar-refractivity contribution < 1.29 is 28.7 Å². The summed E-state index contributed by atoms with van der Waals surface area (Å²) in [7, 11) is 0. The number of nitrogens with zero attached hydrogens (tertiary/aromatic N) is 3. The van der Waals surface area contributed by atoms with Crippen molar-refractivity contribution in [3.63, 3.8) is 0 Å². The lowest BCUT2D eigenvalue weighted by Crippen LogP contribution is -2.60. The summed E-state index contributed by atoms with van der Waals surface area (Å²) in [5.41, 5.74) is 2.56. The number of phenolic OH excluding ortho intramolecular Hbond substituents is 1. The van der Waals surface area contributed by atoms with Gasteiger partial charge >= 0.3 is 0 Å². The lowest BCUT2D eigenvalue weighted by Gasteiger charge is -2.50. The van der Waals surface area contributed by atoms with Gasteiger partial charge in [0.25, 0.3) is 11.8 Å². The van der Waals surface area contributed by atoms with Crippen molar-refractivity contribution in [2.45, 2.75) is 53.9 Å². The van der Waals surface area contributed by atoms with E-state index in [1.807, 2.05) is 24.3 Å². The molecule has 3 saturated heterocycles. The Morgan fingerprint density at radius 3 is 2.16 bits per heavy atom. The molecule has 6 atom stereocenters. The number of imide groups is 2. The summed E-state index contributed by atoms with van der Waals surface area (Å²) >= 11 is 14.8. The van der Waals surface area contributed by atoms with Gasteiger partial charge in [-0.3, -0.25) is 29.0 Å². The Hall–Kier alpha value is -4.05. The van der Waals surface area contributed by atoms with Crippen LogP contribution in [0.5, 0.6) is 5.75 Å². The number of alkyl halides is 2. The number of anilines is 1. The van der Waals surface area contributed by atoms with Crippen LogP contribution in [0.1, 0.15) is 42.7 Å². The van der Waals surface area contributed by atoms with Crippen LogP contribution in [0.4, 0.5) is 10.1 Å². The van der Waals surface area contributed by atoms with Crippen molar-refractivity contribution in [2.75, 3.05) is 18.0 Å². The first-order valence-electron chi connectivity index (χ1n) is 16.7. The number of aromatic hydroxyl groups is 1. The van der Waals surface area contributed by atoms with E-state index in [0.29, 0.717) is 24.0 Å². The molecule has 3 aromatic carbocycles. The van der Waals surface area contributed by atoms with E-state index in [0.717, 1.165) is 36.7 Å². The Balaban J connectivity index is 1.13. The third-order valence-electron chi connectivity index (χ3n) is 11.3. The Labute approximate surface area is 293 Å². The van der Waals surface area contributed by atoms with Crippen molar-refractivity contribution in [3.05, 3.63) is 107 Å². The summed E-state index contributed by atoms with van der Waals surface area (Å²) in [5, 5.41) is 10.1. The Kier molecular flexibility index (Phi) is 7.74. The summed E-state index contributed by atoms with van der Waals surface area (Å²) in [6, 6.07) is 21.1. The van der Waals surface area contributed by atoms with Crippen molar-refractivity contribution in [1.82, 2.24) is 9.80 Å². The molecule has 5 aliphatic rings. The Bertz CT molecular complexity index is 1880. The molecule has 0 bridgehead atoms. The molecule has 1 N–H and O–H groups in total. The zero-order chi connectivity index (χ0) is 34.2. The van der Waals surface area contributed by atoms with Crippen LogP contribution in [-0.4, -0.2) is 67.4 Å². The monoisotopic (exact) mass is 701 g/mol. The van der Waals surface area contributed by atoms with Crippen LogP contribution in [0.2, 0.25) is 0 Å². The quantitative estimate of drug-likeness (QED) is 0.207. The second-order valence-corrected chi connectivity index (χ2v) is 15.1. The SMILES string of the molecule is O=C1C2CC=C3C(CC4(Cl)C(=O)N(c5ccc(F)cc5)C(=O)C4(Cl)C3c3ccc(O)cc3)C2C(=O)N1C1CCN(Cc2ccccc2)CC1. The molecule has 2 aliphatic carbocycles. The predicted octanol–water partition coefficient (Wildman–Crippen LogP) is 5.76. The zero-order valence-corrected chi connectivity index (χ0v) is 28.0. The molecule has 8 nitrogen and oxygen atoms in total. The van der Waals surface area contributed by atoms with Gasteiger partial charge in [0.2, 0.25) is 11.8 Å². The van der Waals surface area contributed by atoms with Crippen LogP contribution in [0, 0.1) is 23.6 Å². The molecule has 49 heavy (non-hydrogen) atoms. The maximum absolute atomic E-state index is 14.5. The second kappa shape index (κ2) is 11.8. The van der Waals surface area contributed by atoms with Gasteiger partial charge in [-0.1, -0.05) is 54.1 Å². The largest absolute Gasteiger partial charge is 0.508 e. The summed E-state index contributed by atoms with van der Waals surface area (Å²) in [5.74, 6) is -5.52. The average molecular weight is 703 g/mol. The summed E-state index contributed by atoms with van der Waals surface area (Å²) in [6.07, 6.45) is 3.37. The highest BCUT2D eigenvalue weighted by molar-refractivity contribution is 6.58. The number of carbonyl (C=O) groups is 4. The van der Waals surface area contributed by atoms with E-state index in [9.17, 15) is 28.7 Å². The van der Waals surface area contributed by atoms with E-state index in [1.165, 1.54) is 34.7 Å². The molecule has 8 rings (SSSR count). The van der Waals surface area contributed by atoms with Gasteiger partial charge in [-0.05, 0) is 79.1 Å². The van der Waals surface area contributed by atoms with E-state index in [1.54, 1.807) is 12.1 Å². The maximum atomic E-state index is 14.5. The van der Waals surface area contributed by atoms with E-state index in [-0.39, 0.29) is 42.1 Å². The van der Waals surface area contributed by atoms with Crippen molar-refractivity contribution in [1.29, 1.82) is 0 Å². The first-order valence-corrected chi connectivity index (χ1v) is 17.4. The number of phenols is 1. The molecule has 0 spiro atoms. The number of amides is 4. The summed E-state index contributed by atoms with van der Waals surface area (Å²) < 4.78 is 13.9. The van der Waals surface area contributed by atoms with Crippen LogP contribution >= 0.6 is 23.2 Å². The number of allylic oxidation sites excluding steroid dienone is 2. The van der Waals surface area contributed by atoms with Gasteiger partial charge in [0.05, 0.1) is 17.5 Å². The fourth-order valence-electron chi connectivity index (χ4n) is 9.00. The minimum atomic E-state index is -2.01. The van der Waals surface area contributed by atoms with Crippen LogP contribution in [-0.2, 0) is 25.7 Å². The van der Waals surface area contributed by atoms with E-state index in [2.05, 4.69) is 17.0 Å². The number of hydrogen-bond acceptors (Lipinski definition) is 6. The standard InChI is InChI=1S/C38H34Cl2FN3O5/c39-37-20-30-28(14-15-29-31(30)34(47)43(33(29)46)26-16-18-42(19-17-26)21-22-4-2-1-3-5-22)32(23-6-12-27(45)13-7-23)38(37,40)36(49)44(35(37)48)25-10-8-24(41)9-11-25/h1-14,26,29-32,45H,15-21H2. The fraction of sp³-hybridized carbons (Fsp3) is 0.368. The minimum absolute atomic E-state index is 0.00153. The molecule has 252 valence electrons. The molecule has 4 fully saturated rings. The van der Waals surface area contributed by atoms with Gasteiger partial charge in [-0.2, -0.15) is 0 Å². The maximum Gasteiger partial charge on any atom is 0.258 e. The Morgan fingerprint density at radius 2 is 1.49 bits per heavy atom. The molecule has 6 unspecified atom stereocenters. The molecule has 11 heteroatoms. The average Bonchev–Trinajstić information content (AvgIpc) is 3.44. The van der Waals surface area contributed by atoms with Crippen molar-refractivity contribution in [2.24, 2.45) is 17.8 Å². The highest BCUT2D eigenvalue weighted by Crippen LogP contribution is 2.66. The topological polar surface area (TPSA) is 98.2 Å². The molecule has 4 amide bonds. The molecule has 3 heterocycles. The molecule has 0 aromatic heterocycles. The smallest absolute Gasteiger partial charge is 0.258 e. The first kappa shape index (κ1) is 32.2. The number of benzene rings is 3. The minimum Gasteiger partial charge on any atom is -0.508 e. The van der Waals surface area contributed by atoms with Gasteiger partial charge in [0.15, 0.2) is 9.75 Å². The van der Waals surface area contributed by atoms with Crippen LogP contribution < -0.4 is 4.90 Å². The summed E-state index contributed by atoms with van der Waals surface area (Å²) in [4.78, 5) is 58.0. The molecule has 0 radical (unpaired) electrons. The van der Waals surface area contributed by atoms with Crippen molar-refractivity contribution in [3.8, 4) is 5.75 Å². The van der Waals surface area contributed by atoms with E-state index >= 15 is 0 Å².